The van der Waals surface area contributed by atoms with Crippen molar-refractivity contribution in [3.63, 3.8) is 0 Å². The highest BCUT2D eigenvalue weighted by atomic mass is 35.5. The molecule has 0 radical (unpaired) electrons. The van der Waals surface area contributed by atoms with Crippen molar-refractivity contribution >= 4 is 23.1 Å². The zero-order valence-electron chi connectivity index (χ0n) is 17.9. The molecule has 2 aliphatic rings. The number of nitrogens with one attached hydrogen (secondary N) is 1. The number of nitrogens with zero attached hydrogens (tertiary/aromatic N) is 2. The van der Waals surface area contributed by atoms with Crippen LogP contribution in [0.25, 0.3) is 5.57 Å². The van der Waals surface area contributed by atoms with Gasteiger partial charge in [-0.25, -0.2) is 5.48 Å². The van der Waals surface area contributed by atoms with E-state index in [0.29, 0.717) is 6.42 Å². The van der Waals surface area contributed by atoms with Gasteiger partial charge in [-0.3, -0.25) is 15.0 Å². The van der Waals surface area contributed by atoms with Crippen LogP contribution >= 0.6 is 11.6 Å². The van der Waals surface area contributed by atoms with Crippen molar-refractivity contribution < 1.29 is 10.0 Å². The number of fused-ring (bicyclic) bond motifs is 2. The molecule has 5 nitrogen and oxygen atoms in total. The standard InChI is InChI=1S/C25H30ClN3O2/c26-21-9-10-22-20(17-21)8-7-19-5-4-13-27-25(19)24(22)18-11-15-29(16-12-18)14-3-1-2-6-23(30)28-31/h4-5,9-10,13,17,31H,1-3,6-8,11-12,14-16H2,(H,28,30). The van der Waals surface area contributed by atoms with Gasteiger partial charge in [0.1, 0.15) is 0 Å². The molecule has 1 fully saturated rings. The number of unbranched alkanes of at least 4 members (excludes halogenated alkanes) is 2. The third-order valence-electron chi connectivity index (χ3n) is 6.44. The topological polar surface area (TPSA) is 65.5 Å². The number of hydroxylamine groups is 1. The lowest BCUT2D eigenvalue weighted by atomic mass is 9.88. The molecule has 0 saturated carbocycles. The molecule has 1 aromatic carbocycles. The van der Waals surface area contributed by atoms with Crippen LogP contribution in [0.3, 0.4) is 0 Å². The highest BCUT2D eigenvalue weighted by Gasteiger charge is 2.25. The molecule has 0 spiro atoms. The first-order valence-electron chi connectivity index (χ1n) is 11.3. The maximum atomic E-state index is 11.1. The number of likely N-dealkylation sites (tertiary alicyclic amines) is 1. The van der Waals surface area contributed by atoms with Crippen LogP contribution in [0.5, 0.6) is 0 Å². The zero-order chi connectivity index (χ0) is 21.6. The van der Waals surface area contributed by atoms with Crippen LogP contribution in [-0.4, -0.2) is 40.6 Å². The number of halogens is 1. The van der Waals surface area contributed by atoms with Gasteiger partial charge in [0.15, 0.2) is 0 Å². The monoisotopic (exact) mass is 439 g/mol. The van der Waals surface area contributed by atoms with Gasteiger partial charge in [0.05, 0.1) is 5.69 Å². The molecule has 1 amide bonds. The van der Waals surface area contributed by atoms with Crippen molar-refractivity contribution in [2.24, 2.45) is 0 Å². The van der Waals surface area contributed by atoms with Crippen molar-refractivity contribution in [1.82, 2.24) is 15.4 Å². The van der Waals surface area contributed by atoms with E-state index in [4.69, 9.17) is 21.8 Å². The van der Waals surface area contributed by atoms with E-state index in [1.54, 1.807) is 5.48 Å². The Kier molecular flexibility index (Phi) is 7.38. The predicted molar refractivity (Wildman–Crippen MR) is 123 cm³/mol. The Morgan fingerprint density at radius 3 is 2.68 bits per heavy atom. The maximum Gasteiger partial charge on any atom is 0.243 e. The number of carbonyl (C=O) groups excluding carboxylic acids is 1. The molecule has 2 heterocycles. The van der Waals surface area contributed by atoms with Crippen LogP contribution in [0.15, 0.2) is 42.1 Å². The molecule has 6 heteroatoms. The van der Waals surface area contributed by atoms with E-state index in [9.17, 15) is 4.79 Å². The number of pyridine rings is 1. The number of aromatic nitrogens is 1. The molecule has 0 unspecified atom stereocenters. The molecule has 1 aliphatic carbocycles. The Bertz CT molecular complexity index is 963. The number of rotatable bonds is 6. The van der Waals surface area contributed by atoms with Gasteiger partial charge in [-0.1, -0.05) is 35.7 Å². The second kappa shape index (κ2) is 10.4. The minimum absolute atomic E-state index is 0.298. The first-order chi connectivity index (χ1) is 15.2. The van der Waals surface area contributed by atoms with Crippen LogP contribution in [0.2, 0.25) is 5.02 Å². The van der Waals surface area contributed by atoms with Gasteiger partial charge in [-0.05, 0) is 80.0 Å². The Balaban J connectivity index is 1.47. The van der Waals surface area contributed by atoms with Gasteiger partial charge in [-0.2, -0.15) is 0 Å². The summed E-state index contributed by atoms with van der Waals surface area (Å²) >= 11 is 6.32. The van der Waals surface area contributed by atoms with E-state index < -0.39 is 0 Å². The summed E-state index contributed by atoms with van der Waals surface area (Å²) in [6, 6.07) is 10.6. The number of benzene rings is 1. The largest absolute Gasteiger partial charge is 0.303 e. The van der Waals surface area contributed by atoms with E-state index in [1.165, 1.54) is 27.8 Å². The van der Waals surface area contributed by atoms with E-state index in [0.717, 1.165) is 75.3 Å². The summed E-state index contributed by atoms with van der Waals surface area (Å²) < 4.78 is 0. The Morgan fingerprint density at radius 2 is 1.87 bits per heavy atom. The lowest BCUT2D eigenvalue weighted by Gasteiger charge is -2.30. The van der Waals surface area contributed by atoms with Crippen LogP contribution in [-0.2, 0) is 17.6 Å². The Labute approximate surface area is 189 Å². The van der Waals surface area contributed by atoms with Crippen molar-refractivity contribution in [2.45, 2.75) is 51.4 Å². The molecule has 2 aromatic rings. The summed E-state index contributed by atoms with van der Waals surface area (Å²) in [6.07, 6.45) is 9.30. The quantitative estimate of drug-likeness (QED) is 0.385. The molecule has 4 rings (SSSR count). The summed E-state index contributed by atoms with van der Waals surface area (Å²) in [5, 5.41) is 9.36. The zero-order valence-corrected chi connectivity index (χ0v) is 18.6. The average molecular weight is 440 g/mol. The SMILES string of the molecule is O=C(CCCCCN1CCC(=C2c3ccc(Cl)cc3CCc3cccnc32)CC1)NO. The van der Waals surface area contributed by atoms with Crippen molar-refractivity contribution in [2.75, 3.05) is 19.6 Å². The van der Waals surface area contributed by atoms with Gasteiger partial charge in [0.25, 0.3) is 0 Å². The fourth-order valence-corrected chi connectivity index (χ4v) is 4.98. The molecule has 0 atom stereocenters. The summed E-state index contributed by atoms with van der Waals surface area (Å²) in [4.78, 5) is 18.4. The molecule has 31 heavy (non-hydrogen) atoms. The van der Waals surface area contributed by atoms with Crippen LogP contribution in [0.4, 0.5) is 0 Å². The van der Waals surface area contributed by atoms with Crippen molar-refractivity contribution in [1.29, 1.82) is 0 Å². The van der Waals surface area contributed by atoms with Crippen LogP contribution in [0, 0.1) is 0 Å². The summed E-state index contributed by atoms with van der Waals surface area (Å²) in [5.74, 6) is -0.298. The lowest BCUT2D eigenvalue weighted by Crippen LogP contribution is -2.32. The van der Waals surface area contributed by atoms with Crippen LogP contribution < -0.4 is 5.48 Å². The first-order valence-corrected chi connectivity index (χ1v) is 11.6. The Hall–Kier alpha value is -2.21. The second-order valence-corrected chi connectivity index (χ2v) is 8.91. The van der Waals surface area contributed by atoms with E-state index in [1.807, 2.05) is 18.3 Å². The third kappa shape index (κ3) is 5.35. The molecule has 1 saturated heterocycles. The third-order valence-corrected chi connectivity index (χ3v) is 6.68. The highest BCUT2D eigenvalue weighted by molar-refractivity contribution is 6.30. The summed E-state index contributed by atoms with van der Waals surface area (Å²) in [5.41, 5.74) is 9.62. The second-order valence-electron chi connectivity index (χ2n) is 8.48. The molecule has 1 aromatic heterocycles. The molecule has 2 N–H and O–H groups in total. The summed E-state index contributed by atoms with van der Waals surface area (Å²) in [7, 11) is 0. The normalized spacial score (nSPS) is 16.5. The number of hydrogen-bond acceptors (Lipinski definition) is 4. The van der Waals surface area contributed by atoms with Gasteiger partial charge in [0.2, 0.25) is 5.91 Å². The Morgan fingerprint density at radius 1 is 1.06 bits per heavy atom. The minimum Gasteiger partial charge on any atom is -0.303 e. The lowest BCUT2D eigenvalue weighted by molar-refractivity contribution is -0.129. The first kappa shape index (κ1) is 22.0. The van der Waals surface area contributed by atoms with Gasteiger partial charge < -0.3 is 4.90 Å². The fourth-order valence-electron chi connectivity index (χ4n) is 4.78. The average Bonchev–Trinajstić information content (AvgIpc) is 2.96. The minimum atomic E-state index is -0.298. The van der Waals surface area contributed by atoms with Crippen molar-refractivity contribution in [3.05, 3.63) is 69.5 Å². The molecular formula is C25H30ClN3O2. The maximum absolute atomic E-state index is 11.1. The smallest absolute Gasteiger partial charge is 0.243 e. The number of carbonyl (C=O) groups is 1. The van der Waals surface area contributed by atoms with Gasteiger partial charge in [-0.15, -0.1) is 0 Å². The molecular weight excluding hydrogens is 410 g/mol. The molecule has 164 valence electrons. The van der Waals surface area contributed by atoms with Gasteiger partial charge in [0, 0.05) is 36.3 Å². The van der Waals surface area contributed by atoms with Gasteiger partial charge >= 0.3 is 0 Å². The fraction of sp³-hybridized carbons (Fsp3) is 0.440. The number of hydrogen-bond donors (Lipinski definition) is 2. The molecule has 1 aliphatic heterocycles. The highest BCUT2D eigenvalue weighted by Crippen LogP contribution is 2.38. The number of piperidine rings is 1. The number of aryl methyl sites for hydroxylation is 2. The van der Waals surface area contributed by atoms with Crippen molar-refractivity contribution in [3.8, 4) is 0 Å². The van der Waals surface area contributed by atoms with E-state index in [2.05, 4.69) is 23.1 Å². The van der Waals surface area contributed by atoms with E-state index in [-0.39, 0.29) is 5.91 Å². The number of amides is 1. The molecule has 0 bridgehead atoms. The van der Waals surface area contributed by atoms with Crippen LogP contribution in [0.1, 0.15) is 60.9 Å². The predicted octanol–water partition coefficient (Wildman–Crippen LogP) is 4.80. The van der Waals surface area contributed by atoms with E-state index >= 15 is 0 Å². The summed E-state index contributed by atoms with van der Waals surface area (Å²) in [6.45, 7) is 3.17.